The summed E-state index contributed by atoms with van der Waals surface area (Å²) in [6, 6.07) is 0.782. The quantitative estimate of drug-likeness (QED) is 0.729. The van der Waals surface area contributed by atoms with Crippen molar-refractivity contribution in [3.05, 3.63) is 0 Å². The Morgan fingerprint density at radius 1 is 1.24 bits per heavy atom. The Morgan fingerprint density at radius 2 is 1.88 bits per heavy atom. The van der Waals surface area contributed by atoms with Crippen LogP contribution in [0.25, 0.3) is 0 Å². The fourth-order valence-corrected chi connectivity index (χ4v) is 3.13. The molecule has 0 bridgehead atoms. The maximum atomic E-state index is 5.35. The van der Waals surface area contributed by atoms with Crippen molar-refractivity contribution in [2.24, 2.45) is 5.92 Å². The molecule has 1 saturated heterocycles. The molecule has 0 spiro atoms. The van der Waals surface area contributed by atoms with E-state index in [1.54, 1.807) is 0 Å². The summed E-state index contributed by atoms with van der Waals surface area (Å²) in [4.78, 5) is 5.14. The van der Waals surface area contributed by atoms with E-state index in [1.807, 2.05) is 7.11 Å². The zero-order valence-electron chi connectivity index (χ0n) is 11.7. The lowest BCUT2D eigenvalue weighted by Gasteiger charge is -2.42. The van der Waals surface area contributed by atoms with E-state index < -0.39 is 0 Å². The van der Waals surface area contributed by atoms with Crippen LogP contribution < -0.4 is 0 Å². The second-order valence-electron chi connectivity index (χ2n) is 5.80. The number of likely N-dealkylation sites (tertiary alicyclic amines) is 1. The lowest BCUT2D eigenvalue weighted by molar-refractivity contribution is -0.0253. The van der Waals surface area contributed by atoms with Crippen LogP contribution in [0, 0.1) is 5.92 Å². The van der Waals surface area contributed by atoms with Crippen LogP contribution in [0.4, 0.5) is 0 Å². The van der Waals surface area contributed by atoms with Gasteiger partial charge in [0.15, 0.2) is 0 Å². The minimum Gasteiger partial charge on any atom is -0.381 e. The van der Waals surface area contributed by atoms with E-state index in [0.717, 1.165) is 12.0 Å². The molecule has 2 fully saturated rings. The topological polar surface area (TPSA) is 15.7 Å². The second-order valence-corrected chi connectivity index (χ2v) is 5.80. The van der Waals surface area contributed by atoms with Gasteiger partial charge in [0, 0.05) is 19.7 Å². The van der Waals surface area contributed by atoms with E-state index in [0.29, 0.717) is 6.10 Å². The molecule has 0 amide bonds. The monoisotopic (exact) mass is 240 g/mol. The Bertz CT molecular complexity index is 220. The first-order valence-corrected chi connectivity index (χ1v) is 7.18. The molecule has 0 unspecified atom stereocenters. The van der Waals surface area contributed by atoms with Crippen molar-refractivity contribution in [1.82, 2.24) is 9.80 Å². The van der Waals surface area contributed by atoms with Crippen LogP contribution in [0.15, 0.2) is 0 Å². The zero-order chi connectivity index (χ0) is 12.3. The first-order chi connectivity index (χ1) is 8.22. The predicted octanol–water partition coefficient (Wildman–Crippen LogP) is 1.83. The first-order valence-electron chi connectivity index (χ1n) is 7.18. The van der Waals surface area contributed by atoms with Crippen LogP contribution in [0.2, 0.25) is 0 Å². The molecule has 0 atom stereocenters. The Labute approximate surface area is 106 Å². The Kier molecular flexibility index (Phi) is 4.83. The summed E-state index contributed by atoms with van der Waals surface area (Å²) in [5, 5.41) is 0. The molecule has 0 N–H and O–H groups in total. The number of nitrogens with zero attached hydrogens (tertiary/aromatic N) is 2. The molecule has 0 radical (unpaired) electrons. The SMILES string of the molecule is CCN1CCC(CN(C)C2CC(OC)C2)CC1. The highest BCUT2D eigenvalue weighted by Gasteiger charge is 2.33. The summed E-state index contributed by atoms with van der Waals surface area (Å²) in [6.07, 6.45) is 5.78. The molecule has 2 rings (SSSR count). The summed E-state index contributed by atoms with van der Waals surface area (Å²) in [5.41, 5.74) is 0. The molecule has 1 aliphatic heterocycles. The largest absolute Gasteiger partial charge is 0.381 e. The van der Waals surface area contributed by atoms with Crippen LogP contribution in [0.5, 0.6) is 0 Å². The van der Waals surface area contributed by atoms with Gasteiger partial charge in [-0.05, 0) is 58.3 Å². The number of piperidine rings is 1. The molecule has 3 heteroatoms. The van der Waals surface area contributed by atoms with E-state index in [-0.39, 0.29) is 0 Å². The van der Waals surface area contributed by atoms with Crippen molar-refractivity contribution < 1.29 is 4.74 Å². The predicted molar refractivity (Wildman–Crippen MR) is 71.3 cm³/mol. The fourth-order valence-electron chi connectivity index (χ4n) is 3.13. The Balaban J connectivity index is 1.64. The van der Waals surface area contributed by atoms with E-state index in [9.17, 15) is 0 Å². The van der Waals surface area contributed by atoms with Gasteiger partial charge in [-0.1, -0.05) is 6.92 Å². The van der Waals surface area contributed by atoms with Gasteiger partial charge in [-0.2, -0.15) is 0 Å². The molecule has 1 heterocycles. The molecule has 100 valence electrons. The molecule has 2 aliphatic rings. The molecule has 0 aromatic heterocycles. The van der Waals surface area contributed by atoms with Gasteiger partial charge in [0.1, 0.15) is 0 Å². The summed E-state index contributed by atoms with van der Waals surface area (Å²) >= 11 is 0. The number of hydrogen-bond donors (Lipinski definition) is 0. The molecular weight excluding hydrogens is 212 g/mol. The average molecular weight is 240 g/mol. The van der Waals surface area contributed by atoms with E-state index in [1.165, 1.54) is 51.9 Å². The summed E-state index contributed by atoms with van der Waals surface area (Å²) in [6.45, 7) is 7.39. The highest BCUT2D eigenvalue weighted by Crippen LogP contribution is 2.28. The lowest BCUT2D eigenvalue weighted by atomic mass is 9.86. The molecule has 0 aromatic carbocycles. The van der Waals surface area contributed by atoms with Crippen LogP contribution in [-0.2, 0) is 4.74 Å². The van der Waals surface area contributed by atoms with Crippen molar-refractivity contribution in [3.63, 3.8) is 0 Å². The van der Waals surface area contributed by atoms with E-state index in [2.05, 4.69) is 23.8 Å². The van der Waals surface area contributed by atoms with Gasteiger partial charge in [-0.25, -0.2) is 0 Å². The second kappa shape index (κ2) is 6.17. The zero-order valence-corrected chi connectivity index (χ0v) is 11.7. The normalized spacial score (nSPS) is 31.8. The Hall–Kier alpha value is -0.120. The van der Waals surface area contributed by atoms with Crippen molar-refractivity contribution >= 4 is 0 Å². The third-order valence-corrected chi connectivity index (χ3v) is 4.73. The van der Waals surface area contributed by atoms with Gasteiger partial charge in [-0.15, -0.1) is 0 Å². The number of methoxy groups -OCH3 is 1. The van der Waals surface area contributed by atoms with Gasteiger partial charge < -0.3 is 14.5 Å². The first kappa shape index (κ1) is 13.3. The van der Waals surface area contributed by atoms with Crippen molar-refractivity contribution in [3.8, 4) is 0 Å². The minimum atomic E-state index is 0.532. The molecular formula is C14H28N2O. The van der Waals surface area contributed by atoms with Gasteiger partial charge in [0.2, 0.25) is 0 Å². The highest BCUT2D eigenvalue weighted by molar-refractivity contribution is 4.88. The number of hydrogen-bond acceptors (Lipinski definition) is 3. The standard InChI is InChI=1S/C14H28N2O/c1-4-16-7-5-12(6-8-16)11-15(2)13-9-14(10-13)17-3/h12-14H,4-11H2,1-3H3. The van der Waals surface area contributed by atoms with Crippen LogP contribution >= 0.6 is 0 Å². The highest BCUT2D eigenvalue weighted by atomic mass is 16.5. The maximum Gasteiger partial charge on any atom is 0.0601 e. The minimum absolute atomic E-state index is 0.532. The Morgan fingerprint density at radius 3 is 2.41 bits per heavy atom. The van der Waals surface area contributed by atoms with E-state index >= 15 is 0 Å². The van der Waals surface area contributed by atoms with Crippen molar-refractivity contribution in [1.29, 1.82) is 0 Å². The molecule has 3 nitrogen and oxygen atoms in total. The third-order valence-electron chi connectivity index (χ3n) is 4.73. The molecule has 1 saturated carbocycles. The van der Waals surface area contributed by atoms with Crippen molar-refractivity contribution in [2.45, 2.75) is 44.8 Å². The third kappa shape index (κ3) is 3.43. The van der Waals surface area contributed by atoms with Gasteiger partial charge in [0.05, 0.1) is 6.10 Å². The fraction of sp³-hybridized carbons (Fsp3) is 1.00. The van der Waals surface area contributed by atoms with Gasteiger partial charge in [0.25, 0.3) is 0 Å². The van der Waals surface area contributed by atoms with Gasteiger partial charge in [-0.3, -0.25) is 0 Å². The number of rotatable bonds is 5. The molecule has 17 heavy (non-hydrogen) atoms. The smallest absolute Gasteiger partial charge is 0.0601 e. The van der Waals surface area contributed by atoms with E-state index in [4.69, 9.17) is 4.74 Å². The maximum absolute atomic E-state index is 5.35. The number of ether oxygens (including phenoxy) is 1. The lowest BCUT2D eigenvalue weighted by Crippen LogP contribution is -2.48. The summed E-state index contributed by atoms with van der Waals surface area (Å²) in [5.74, 6) is 0.921. The average Bonchev–Trinajstić information content (AvgIpc) is 2.28. The summed E-state index contributed by atoms with van der Waals surface area (Å²) < 4.78 is 5.35. The molecule has 1 aliphatic carbocycles. The van der Waals surface area contributed by atoms with Crippen LogP contribution in [0.3, 0.4) is 0 Å². The van der Waals surface area contributed by atoms with Gasteiger partial charge >= 0.3 is 0 Å². The summed E-state index contributed by atoms with van der Waals surface area (Å²) in [7, 11) is 4.13. The van der Waals surface area contributed by atoms with Crippen LogP contribution in [0.1, 0.15) is 32.6 Å². The molecule has 0 aromatic rings. The van der Waals surface area contributed by atoms with Crippen LogP contribution in [-0.4, -0.2) is 62.3 Å². The van der Waals surface area contributed by atoms with Crippen molar-refractivity contribution in [2.75, 3.05) is 40.3 Å².